The van der Waals surface area contributed by atoms with Gasteiger partial charge in [-0.3, -0.25) is 4.79 Å². The predicted octanol–water partition coefficient (Wildman–Crippen LogP) is 5.78. The van der Waals surface area contributed by atoms with E-state index in [1.807, 2.05) is 62.5 Å². The first-order valence-corrected chi connectivity index (χ1v) is 11.7. The molecular formula is C25H32N2O4S. The standard InChI is InChI=1S/C25H32N2O4S/c1-19(15-17-26-20-10-6-4-7-11-20)25(2,3)22-18-21(32(30)31)13-14-23(22)27-16-9-5-8-12-24(28)29/h4,6-7,10-11,13-15,17-18,26-27H,1,5,8-9,12,16H2,2-3H3,(H,28,29)(H,30,31)/b17-15+. The van der Waals surface area contributed by atoms with E-state index in [1.165, 1.54) is 0 Å². The molecule has 0 amide bonds. The van der Waals surface area contributed by atoms with Crippen LogP contribution in [0.1, 0.15) is 45.1 Å². The zero-order valence-corrected chi connectivity index (χ0v) is 19.5. The van der Waals surface area contributed by atoms with Crippen LogP contribution in [0.25, 0.3) is 0 Å². The maximum absolute atomic E-state index is 11.7. The van der Waals surface area contributed by atoms with Gasteiger partial charge in [0.15, 0.2) is 11.1 Å². The zero-order valence-electron chi connectivity index (χ0n) is 18.6. The number of benzene rings is 2. The van der Waals surface area contributed by atoms with E-state index < -0.39 is 22.5 Å². The molecule has 172 valence electrons. The van der Waals surface area contributed by atoms with Gasteiger partial charge in [-0.15, -0.1) is 0 Å². The molecular weight excluding hydrogens is 424 g/mol. The summed E-state index contributed by atoms with van der Waals surface area (Å²) in [4.78, 5) is 11.0. The minimum absolute atomic E-state index is 0.179. The first-order valence-electron chi connectivity index (χ1n) is 10.6. The van der Waals surface area contributed by atoms with Crippen LogP contribution in [0.15, 0.2) is 77.9 Å². The number of anilines is 2. The third-order valence-electron chi connectivity index (χ3n) is 5.36. The molecule has 7 heteroatoms. The quantitative estimate of drug-likeness (QED) is 0.173. The lowest BCUT2D eigenvalue weighted by atomic mass is 9.77. The Hall–Kier alpha value is -2.90. The van der Waals surface area contributed by atoms with Gasteiger partial charge in [0.2, 0.25) is 0 Å². The highest BCUT2D eigenvalue weighted by Gasteiger charge is 2.26. The largest absolute Gasteiger partial charge is 0.481 e. The van der Waals surface area contributed by atoms with Crippen LogP contribution in [-0.4, -0.2) is 26.4 Å². The molecule has 0 aromatic heterocycles. The Bertz CT molecular complexity index is 971. The molecule has 1 unspecified atom stereocenters. The lowest BCUT2D eigenvalue weighted by molar-refractivity contribution is -0.137. The van der Waals surface area contributed by atoms with Crippen LogP contribution in [0.5, 0.6) is 0 Å². The lowest BCUT2D eigenvalue weighted by Gasteiger charge is -2.29. The van der Waals surface area contributed by atoms with E-state index in [4.69, 9.17) is 5.11 Å². The number of carboxylic acids is 1. The number of carbonyl (C=O) groups is 1. The highest BCUT2D eigenvalue weighted by Crippen LogP contribution is 2.37. The molecule has 6 nitrogen and oxygen atoms in total. The number of nitrogens with one attached hydrogen (secondary N) is 2. The van der Waals surface area contributed by atoms with Gasteiger partial charge in [0.05, 0.1) is 4.90 Å². The fourth-order valence-electron chi connectivity index (χ4n) is 3.26. The summed E-state index contributed by atoms with van der Waals surface area (Å²) in [6.07, 6.45) is 6.22. The van der Waals surface area contributed by atoms with Crippen molar-refractivity contribution in [2.24, 2.45) is 0 Å². The second kappa shape index (κ2) is 12.2. The molecule has 0 heterocycles. The van der Waals surface area contributed by atoms with Crippen molar-refractivity contribution in [1.29, 1.82) is 0 Å². The monoisotopic (exact) mass is 456 g/mol. The Morgan fingerprint density at radius 1 is 1.12 bits per heavy atom. The summed E-state index contributed by atoms with van der Waals surface area (Å²) in [5.41, 5.74) is 3.05. The summed E-state index contributed by atoms with van der Waals surface area (Å²) < 4.78 is 21.3. The van der Waals surface area contributed by atoms with E-state index in [9.17, 15) is 13.6 Å². The summed E-state index contributed by atoms with van der Waals surface area (Å²) in [6.45, 7) is 8.98. The second-order valence-electron chi connectivity index (χ2n) is 8.08. The van der Waals surface area contributed by atoms with Crippen molar-refractivity contribution in [2.75, 3.05) is 17.2 Å². The summed E-state index contributed by atoms with van der Waals surface area (Å²) in [6, 6.07) is 15.0. The molecule has 2 aromatic carbocycles. The number of rotatable bonds is 13. The van der Waals surface area contributed by atoms with Crippen molar-refractivity contribution in [3.63, 3.8) is 0 Å². The molecule has 0 bridgehead atoms. The number of para-hydroxylation sites is 1. The van der Waals surface area contributed by atoms with Crippen LogP contribution in [0, 0.1) is 0 Å². The van der Waals surface area contributed by atoms with E-state index >= 15 is 0 Å². The maximum atomic E-state index is 11.7. The molecule has 0 saturated carbocycles. The van der Waals surface area contributed by atoms with Crippen LogP contribution in [-0.2, 0) is 21.3 Å². The fraction of sp³-hybridized carbons (Fsp3) is 0.320. The van der Waals surface area contributed by atoms with Crippen LogP contribution in [0.4, 0.5) is 11.4 Å². The van der Waals surface area contributed by atoms with Crippen LogP contribution < -0.4 is 10.6 Å². The van der Waals surface area contributed by atoms with Gasteiger partial charge in [-0.1, -0.05) is 45.0 Å². The van der Waals surface area contributed by atoms with Gasteiger partial charge in [0, 0.05) is 36.0 Å². The number of carboxylic acid groups (broad SMARTS) is 1. The van der Waals surface area contributed by atoms with E-state index in [0.29, 0.717) is 17.9 Å². The minimum atomic E-state index is -2.08. The van der Waals surface area contributed by atoms with Crippen molar-refractivity contribution in [2.45, 2.75) is 49.8 Å². The molecule has 4 N–H and O–H groups in total. The average Bonchev–Trinajstić information content (AvgIpc) is 2.76. The van der Waals surface area contributed by atoms with Gasteiger partial charge in [0.25, 0.3) is 0 Å². The van der Waals surface area contributed by atoms with Crippen LogP contribution in [0.3, 0.4) is 0 Å². The third kappa shape index (κ3) is 7.66. The summed E-state index contributed by atoms with van der Waals surface area (Å²) in [7, 11) is 0. The molecule has 0 saturated heterocycles. The minimum Gasteiger partial charge on any atom is -0.481 e. The van der Waals surface area contributed by atoms with Gasteiger partial charge in [0.1, 0.15) is 0 Å². The van der Waals surface area contributed by atoms with Crippen molar-refractivity contribution < 1.29 is 18.7 Å². The molecule has 1 atom stereocenters. The van der Waals surface area contributed by atoms with Gasteiger partial charge in [-0.25, -0.2) is 4.21 Å². The van der Waals surface area contributed by atoms with Gasteiger partial charge >= 0.3 is 5.97 Å². The lowest BCUT2D eigenvalue weighted by Crippen LogP contribution is -2.22. The molecule has 2 rings (SSSR count). The number of allylic oxidation sites excluding steroid dienone is 2. The molecule has 0 fully saturated rings. The van der Waals surface area contributed by atoms with E-state index in [1.54, 1.807) is 12.1 Å². The predicted molar refractivity (Wildman–Crippen MR) is 131 cm³/mol. The van der Waals surface area contributed by atoms with E-state index in [-0.39, 0.29) is 6.42 Å². The Morgan fingerprint density at radius 2 is 1.84 bits per heavy atom. The zero-order chi connectivity index (χ0) is 23.6. The third-order valence-corrected chi connectivity index (χ3v) is 6.02. The van der Waals surface area contributed by atoms with Crippen LogP contribution in [0.2, 0.25) is 0 Å². The maximum Gasteiger partial charge on any atom is 0.303 e. The molecule has 2 aromatic rings. The van der Waals surface area contributed by atoms with Crippen molar-refractivity contribution in [3.8, 4) is 0 Å². The van der Waals surface area contributed by atoms with Gasteiger partial charge < -0.3 is 20.3 Å². The molecule has 0 aliphatic carbocycles. The van der Waals surface area contributed by atoms with Crippen LogP contribution >= 0.6 is 0 Å². The van der Waals surface area contributed by atoms with Crippen molar-refractivity contribution in [3.05, 3.63) is 78.5 Å². The highest BCUT2D eigenvalue weighted by atomic mass is 32.2. The second-order valence-corrected chi connectivity index (χ2v) is 9.05. The first-order chi connectivity index (χ1) is 15.2. The number of hydrogen-bond donors (Lipinski definition) is 4. The normalized spacial score (nSPS) is 12.5. The summed E-state index contributed by atoms with van der Waals surface area (Å²) >= 11 is -2.08. The molecule has 0 radical (unpaired) electrons. The summed E-state index contributed by atoms with van der Waals surface area (Å²) in [5, 5.41) is 15.4. The number of hydrogen-bond acceptors (Lipinski definition) is 4. The van der Waals surface area contributed by atoms with Gasteiger partial charge in [-0.05, 0) is 60.4 Å². The topological polar surface area (TPSA) is 98.7 Å². The SMILES string of the molecule is C=C(/C=C/Nc1ccccc1)C(C)(C)c1cc(S(=O)O)ccc1NCCCCCC(=O)O. The number of aliphatic carboxylic acids is 1. The fourth-order valence-corrected chi connectivity index (χ4v) is 3.66. The molecule has 0 spiro atoms. The highest BCUT2D eigenvalue weighted by molar-refractivity contribution is 7.79. The first kappa shape index (κ1) is 25.4. The Balaban J connectivity index is 2.13. The Labute approximate surface area is 192 Å². The summed E-state index contributed by atoms with van der Waals surface area (Å²) in [5.74, 6) is -0.775. The number of unbranched alkanes of at least 4 members (excludes halogenated alkanes) is 2. The Morgan fingerprint density at radius 3 is 2.50 bits per heavy atom. The van der Waals surface area contributed by atoms with E-state index in [0.717, 1.165) is 35.4 Å². The average molecular weight is 457 g/mol. The Kier molecular flexibility index (Phi) is 9.68. The van der Waals surface area contributed by atoms with Crippen molar-refractivity contribution in [1.82, 2.24) is 0 Å². The molecule has 0 aliphatic rings. The van der Waals surface area contributed by atoms with Gasteiger partial charge in [-0.2, -0.15) is 0 Å². The van der Waals surface area contributed by atoms with E-state index in [2.05, 4.69) is 17.2 Å². The molecule has 0 aliphatic heterocycles. The smallest absolute Gasteiger partial charge is 0.303 e. The molecule has 32 heavy (non-hydrogen) atoms. The van der Waals surface area contributed by atoms with Crippen molar-refractivity contribution >= 4 is 28.4 Å².